The summed E-state index contributed by atoms with van der Waals surface area (Å²) in [4.78, 5) is 4.30. The number of aliphatic imine (C=N–C) groups is 1. The van der Waals surface area contributed by atoms with Gasteiger partial charge in [-0.15, -0.1) is 24.0 Å². The van der Waals surface area contributed by atoms with Crippen LogP contribution in [-0.4, -0.2) is 43.9 Å². The first-order valence-corrected chi connectivity index (χ1v) is 10.00. The Bertz CT molecular complexity index is 633. The predicted octanol–water partition coefficient (Wildman–Crippen LogP) is 3.30. The maximum atomic E-state index is 13.8. The Morgan fingerprint density at radius 2 is 2.23 bits per heavy atom. The van der Waals surface area contributed by atoms with Gasteiger partial charge in [-0.3, -0.25) is 4.99 Å². The molecule has 8 heteroatoms. The zero-order valence-corrected chi connectivity index (χ0v) is 18.4. The third kappa shape index (κ3) is 5.63. The Morgan fingerprint density at radius 3 is 2.96 bits per heavy atom. The van der Waals surface area contributed by atoms with Crippen LogP contribution in [0.1, 0.15) is 30.4 Å². The largest absolute Gasteiger partial charge is 0.467 e. The molecule has 0 bridgehead atoms. The standard InChI is InChI=1S/C18H26FN3O2S.HI/c1-20-18(22-15-3-4-16(9-15)25-2)21-6-5-12-7-14(19)8-13-10-23-11-24-17(12)13;/h7-8,15-16H,3-6,9-11H2,1-2H3,(H2,20,21,22);1H. The Kier molecular flexibility index (Phi) is 8.75. The van der Waals surface area contributed by atoms with Crippen LogP contribution in [-0.2, 0) is 17.8 Å². The number of rotatable bonds is 5. The third-order valence-electron chi connectivity index (χ3n) is 4.72. The molecule has 2 unspecified atom stereocenters. The molecule has 0 amide bonds. The lowest BCUT2D eigenvalue weighted by molar-refractivity contribution is -0.0172. The number of fused-ring (bicyclic) bond motifs is 1. The number of hydrogen-bond donors (Lipinski definition) is 2. The van der Waals surface area contributed by atoms with Gasteiger partial charge in [-0.25, -0.2) is 4.39 Å². The number of guanidine groups is 1. The van der Waals surface area contributed by atoms with Gasteiger partial charge in [0.15, 0.2) is 12.8 Å². The highest BCUT2D eigenvalue weighted by Gasteiger charge is 2.24. The molecule has 2 N–H and O–H groups in total. The quantitative estimate of drug-likeness (QED) is 0.373. The van der Waals surface area contributed by atoms with Crippen LogP contribution in [0.4, 0.5) is 4.39 Å². The molecule has 1 saturated carbocycles. The maximum absolute atomic E-state index is 13.8. The van der Waals surface area contributed by atoms with Crippen LogP contribution in [0.15, 0.2) is 17.1 Å². The second-order valence-corrected chi connectivity index (χ2v) is 7.56. The van der Waals surface area contributed by atoms with E-state index >= 15 is 0 Å². The molecule has 1 aromatic rings. The fourth-order valence-electron chi connectivity index (χ4n) is 3.43. The van der Waals surface area contributed by atoms with E-state index < -0.39 is 0 Å². The summed E-state index contributed by atoms with van der Waals surface area (Å²) < 4.78 is 24.6. The molecule has 0 aromatic heterocycles. The molecule has 146 valence electrons. The topological polar surface area (TPSA) is 54.9 Å². The molecule has 2 atom stereocenters. The van der Waals surface area contributed by atoms with E-state index in [2.05, 4.69) is 21.9 Å². The second-order valence-electron chi connectivity index (χ2n) is 6.42. The van der Waals surface area contributed by atoms with Crippen molar-refractivity contribution in [2.45, 2.75) is 43.6 Å². The molecule has 0 spiro atoms. The maximum Gasteiger partial charge on any atom is 0.191 e. The Morgan fingerprint density at radius 1 is 1.38 bits per heavy atom. The van der Waals surface area contributed by atoms with Gasteiger partial charge in [-0.05, 0) is 49.6 Å². The van der Waals surface area contributed by atoms with Gasteiger partial charge in [0.25, 0.3) is 0 Å². The van der Waals surface area contributed by atoms with Gasteiger partial charge in [0, 0.05) is 30.4 Å². The molecule has 1 heterocycles. The van der Waals surface area contributed by atoms with Crippen LogP contribution >= 0.6 is 35.7 Å². The van der Waals surface area contributed by atoms with Crippen LogP contribution in [0.5, 0.6) is 5.75 Å². The lowest BCUT2D eigenvalue weighted by Gasteiger charge is -2.21. The third-order valence-corrected chi connectivity index (χ3v) is 5.82. The van der Waals surface area contributed by atoms with E-state index in [1.165, 1.54) is 25.3 Å². The number of halogens is 2. The van der Waals surface area contributed by atoms with Crippen molar-refractivity contribution in [3.05, 3.63) is 29.1 Å². The van der Waals surface area contributed by atoms with E-state index in [9.17, 15) is 4.39 Å². The van der Waals surface area contributed by atoms with E-state index in [1.807, 2.05) is 11.8 Å². The molecule has 26 heavy (non-hydrogen) atoms. The molecular formula is C18H27FIN3O2S. The van der Waals surface area contributed by atoms with Gasteiger partial charge < -0.3 is 20.1 Å². The van der Waals surface area contributed by atoms with Gasteiger partial charge in [-0.2, -0.15) is 11.8 Å². The van der Waals surface area contributed by atoms with Crippen molar-refractivity contribution in [2.75, 3.05) is 26.6 Å². The number of nitrogens with one attached hydrogen (secondary N) is 2. The fourth-order valence-corrected chi connectivity index (χ4v) is 4.23. The van der Waals surface area contributed by atoms with Crippen LogP contribution in [0.25, 0.3) is 0 Å². The smallest absolute Gasteiger partial charge is 0.191 e. The van der Waals surface area contributed by atoms with Crippen molar-refractivity contribution in [2.24, 2.45) is 4.99 Å². The summed E-state index contributed by atoms with van der Waals surface area (Å²) in [6.45, 7) is 1.29. The Labute approximate surface area is 175 Å². The lowest BCUT2D eigenvalue weighted by Crippen LogP contribution is -2.43. The first-order chi connectivity index (χ1) is 12.2. The first-order valence-electron chi connectivity index (χ1n) is 8.71. The molecular weight excluding hydrogens is 468 g/mol. The highest BCUT2D eigenvalue weighted by molar-refractivity contribution is 14.0. The van der Waals surface area contributed by atoms with E-state index in [4.69, 9.17) is 9.47 Å². The van der Waals surface area contributed by atoms with Crippen molar-refractivity contribution >= 4 is 41.7 Å². The molecule has 2 aliphatic rings. The molecule has 3 rings (SSSR count). The van der Waals surface area contributed by atoms with Crippen molar-refractivity contribution < 1.29 is 13.9 Å². The van der Waals surface area contributed by atoms with Gasteiger partial charge in [0.1, 0.15) is 11.6 Å². The van der Waals surface area contributed by atoms with Crippen LogP contribution in [0.3, 0.4) is 0 Å². The SMILES string of the molecule is CN=C(NCCc1cc(F)cc2c1OCOC2)NC1CCC(SC)C1.I. The fraction of sp³-hybridized carbons (Fsp3) is 0.611. The van der Waals surface area contributed by atoms with Crippen LogP contribution in [0, 0.1) is 5.82 Å². The highest BCUT2D eigenvalue weighted by atomic mass is 127. The molecule has 1 aromatic carbocycles. The van der Waals surface area contributed by atoms with E-state index in [0.717, 1.165) is 28.1 Å². The first kappa shape index (κ1) is 21.6. The Hall–Kier alpha value is -0.740. The number of nitrogens with zero attached hydrogens (tertiary/aromatic N) is 1. The van der Waals surface area contributed by atoms with Gasteiger partial charge in [0.05, 0.1) is 6.61 Å². The molecule has 1 fully saturated rings. The number of ether oxygens (including phenoxy) is 2. The van der Waals surface area contributed by atoms with E-state index in [-0.39, 0.29) is 36.6 Å². The van der Waals surface area contributed by atoms with Crippen molar-refractivity contribution in [3.8, 4) is 5.75 Å². The van der Waals surface area contributed by atoms with Crippen molar-refractivity contribution in [3.63, 3.8) is 0 Å². The summed E-state index contributed by atoms with van der Waals surface area (Å²) in [5.41, 5.74) is 1.64. The zero-order valence-electron chi connectivity index (χ0n) is 15.2. The molecule has 0 saturated heterocycles. The van der Waals surface area contributed by atoms with Crippen LogP contribution in [0.2, 0.25) is 0 Å². The molecule has 5 nitrogen and oxygen atoms in total. The minimum Gasteiger partial charge on any atom is -0.467 e. The molecule has 1 aliphatic carbocycles. The normalized spacial score (nSPS) is 22.2. The van der Waals surface area contributed by atoms with E-state index in [0.29, 0.717) is 25.6 Å². The van der Waals surface area contributed by atoms with E-state index in [1.54, 1.807) is 13.1 Å². The summed E-state index contributed by atoms with van der Waals surface area (Å²) in [6.07, 6.45) is 6.45. The predicted molar refractivity (Wildman–Crippen MR) is 115 cm³/mol. The van der Waals surface area contributed by atoms with Crippen molar-refractivity contribution in [1.29, 1.82) is 0 Å². The second kappa shape index (κ2) is 10.6. The average molecular weight is 495 g/mol. The minimum atomic E-state index is -0.251. The highest BCUT2D eigenvalue weighted by Crippen LogP contribution is 2.30. The zero-order chi connectivity index (χ0) is 17.6. The minimum absolute atomic E-state index is 0. The Balaban J connectivity index is 0.00000243. The van der Waals surface area contributed by atoms with Gasteiger partial charge in [0.2, 0.25) is 0 Å². The van der Waals surface area contributed by atoms with Gasteiger partial charge >= 0.3 is 0 Å². The lowest BCUT2D eigenvalue weighted by atomic mass is 10.1. The van der Waals surface area contributed by atoms with Crippen molar-refractivity contribution in [1.82, 2.24) is 10.6 Å². The summed E-state index contributed by atoms with van der Waals surface area (Å²) in [7, 11) is 1.78. The average Bonchev–Trinajstić information content (AvgIpc) is 3.08. The summed E-state index contributed by atoms with van der Waals surface area (Å²) in [5, 5.41) is 7.56. The molecule has 1 aliphatic heterocycles. The number of thioether (sulfide) groups is 1. The summed E-state index contributed by atoms with van der Waals surface area (Å²) >= 11 is 1.94. The monoisotopic (exact) mass is 495 g/mol. The number of benzene rings is 1. The summed E-state index contributed by atoms with van der Waals surface area (Å²) in [5.74, 6) is 1.32. The van der Waals surface area contributed by atoms with Gasteiger partial charge in [-0.1, -0.05) is 0 Å². The summed E-state index contributed by atoms with van der Waals surface area (Å²) in [6, 6.07) is 3.50. The molecule has 0 radical (unpaired) electrons. The number of hydrogen-bond acceptors (Lipinski definition) is 4. The van der Waals surface area contributed by atoms with Crippen LogP contribution < -0.4 is 15.4 Å².